The van der Waals surface area contributed by atoms with Crippen LogP contribution >= 0.6 is 0 Å². The third-order valence-corrected chi connectivity index (χ3v) is 7.67. The van der Waals surface area contributed by atoms with Crippen molar-refractivity contribution >= 4 is 21.7 Å². The van der Waals surface area contributed by atoms with Gasteiger partial charge in [-0.15, -0.1) is 0 Å². The first-order chi connectivity index (χ1) is 15.9. The predicted octanol–water partition coefficient (Wildman–Crippen LogP) is 3.64. The van der Waals surface area contributed by atoms with Crippen LogP contribution in [0.1, 0.15) is 31.7 Å². The van der Waals surface area contributed by atoms with Crippen LogP contribution in [0.3, 0.4) is 0 Å². The number of rotatable bonds is 9. The van der Waals surface area contributed by atoms with Crippen LogP contribution in [0.15, 0.2) is 53.1 Å². The van der Waals surface area contributed by atoms with Crippen LogP contribution in [0.5, 0.6) is 0 Å². The Morgan fingerprint density at radius 3 is 2.44 bits per heavy atom. The van der Waals surface area contributed by atoms with Gasteiger partial charge < -0.3 is 15.1 Å². The Morgan fingerprint density at radius 2 is 1.82 bits per heavy atom. The van der Waals surface area contributed by atoms with Crippen LogP contribution in [-0.4, -0.2) is 45.3 Å². The summed E-state index contributed by atoms with van der Waals surface area (Å²) in [4.78, 5) is 11.2. The molecule has 2 aromatic heterocycles. The first kappa shape index (κ1) is 24.2. The number of aromatic nitrogens is 2. The monoisotopic (exact) mass is 483 g/mol. The van der Waals surface area contributed by atoms with Gasteiger partial charge in [0.25, 0.3) is 0 Å². The van der Waals surface area contributed by atoms with Gasteiger partial charge in [-0.3, -0.25) is 4.31 Å². The number of sulfonamides is 1. The van der Waals surface area contributed by atoms with Crippen molar-refractivity contribution in [3.05, 3.63) is 60.1 Å². The molecular weight excluding hydrogens is 450 g/mol. The summed E-state index contributed by atoms with van der Waals surface area (Å²) in [6, 6.07) is 13.6. The van der Waals surface area contributed by atoms with E-state index >= 15 is 0 Å². The van der Waals surface area contributed by atoms with E-state index in [1.807, 2.05) is 50.4 Å². The molecular formula is C25H33N5O3S. The average Bonchev–Trinajstić information content (AvgIpc) is 3.25. The molecule has 0 aliphatic heterocycles. The summed E-state index contributed by atoms with van der Waals surface area (Å²) < 4.78 is 31.7. The topological polar surface area (TPSA) is 106 Å². The molecule has 0 radical (unpaired) electrons. The number of benzene rings is 1. The number of hydrogen-bond acceptors (Lipinski definition) is 7. The smallest absolute Gasteiger partial charge is 0.233 e. The molecule has 182 valence electrons. The normalized spacial score (nSPS) is 19.5. The van der Waals surface area contributed by atoms with Crippen molar-refractivity contribution in [2.45, 2.75) is 32.2 Å². The molecule has 1 aliphatic carbocycles. The summed E-state index contributed by atoms with van der Waals surface area (Å²) in [5.41, 5.74) is 7.56. The highest BCUT2D eigenvalue weighted by Gasteiger charge is 2.34. The Bertz CT molecular complexity index is 1260. The second kappa shape index (κ2) is 9.03. The Kier molecular flexibility index (Phi) is 6.44. The lowest BCUT2D eigenvalue weighted by Crippen LogP contribution is -2.35. The molecule has 0 spiro atoms. The fraction of sp³-hybridized carbons (Fsp3) is 0.440. The van der Waals surface area contributed by atoms with Crippen molar-refractivity contribution in [1.29, 1.82) is 0 Å². The standard InChI is InChI=1S/C25H33N5O3S/c1-17-11-20(17)16-29(3)22-12-19(13-23(28-22)30(4)34(5,31)32)21-15-27-24(33-21)25(2,26)14-18-9-7-6-8-10-18/h6-10,12-13,15,17,20H,11,14,16,26H2,1-5H3. The maximum Gasteiger partial charge on any atom is 0.233 e. The van der Waals surface area contributed by atoms with E-state index in [9.17, 15) is 8.42 Å². The highest BCUT2D eigenvalue weighted by atomic mass is 32.2. The van der Waals surface area contributed by atoms with Gasteiger partial charge in [0.2, 0.25) is 15.9 Å². The predicted molar refractivity (Wildman–Crippen MR) is 135 cm³/mol. The highest BCUT2D eigenvalue weighted by molar-refractivity contribution is 7.92. The molecule has 3 aromatic rings. The average molecular weight is 484 g/mol. The number of nitrogens with zero attached hydrogens (tertiary/aromatic N) is 4. The molecule has 0 bridgehead atoms. The molecule has 8 nitrogen and oxygen atoms in total. The summed E-state index contributed by atoms with van der Waals surface area (Å²) in [5, 5.41) is 0. The summed E-state index contributed by atoms with van der Waals surface area (Å²) in [5.74, 6) is 3.26. The van der Waals surface area contributed by atoms with Crippen LogP contribution in [0.4, 0.5) is 11.6 Å². The van der Waals surface area contributed by atoms with E-state index < -0.39 is 15.6 Å². The lowest BCUT2D eigenvalue weighted by Gasteiger charge is -2.23. The van der Waals surface area contributed by atoms with Gasteiger partial charge in [-0.05, 0) is 49.3 Å². The SMILES string of the molecule is CC1CC1CN(C)c1cc(-c2cnc(C(C)(N)Cc3ccccc3)o2)cc(N(C)S(C)(=O)=O)n1. The van der Waals surface area contributed by atoms with Crippen molar-refractivity contribution in [2.24, 2.45) is 17.6 Å². The van der Waals surface area contributed by atoms with Crippen molar-refractivity contribution in [1.82, 2.24) is 9.97 Å². The molecule has 3 unspecified atom stereocenters. The quantitative estimate of drug-likeness (QED) is 0.495. The van der Waals surface area contributed by atoms with Gasteiger partial charge in [0.1, 0.15) is 11.6 Å². The summed E-state index contributed by atoms with van der Waals surface area (Å²) in [7, 11) is -0.0103. The minimum Gasteiger partial charge on any atom is -0.439 e. The number of pyridine rings is 1. The fourth-order valence-electron chi connectivity index (χ4n) is 4.04. The van der Waals surface area contributed by atoms with Crippen molar-refractivity contribution < 1.29 is 12.8 Å². The molecule has 1 aliphatic rings. The zero-order valence-corrected chi connectivity index (χ0v) is 21.2. The molecule has 0 amide bonds. The van der Waals surface area contributed by atoms with Crippen LogP contribution < -0.4 is 14.9 Å². The van der Waals surface area contributed by atoms with E-state index in [1.54, 1.807) is 12.3 Å². The third-order valence-electron chi connectivity index (χ3n) is 6.49. The van der Waals surface area contributed by atoms with Gasteiger partial charge in [-0.1, -0.05) is 37.3 Å². The largest absolute Gasteiger partial charge is 0.439 e. The van der Waals surface area contributed by atoms with Crippen LogP contribution in [-0.2, 0) is 22.0 Å². The van der Waals surface area contributed by atoms with E-state index in [-0.39, 0.29) is 0 Å². The zero-order valence-electron chi connectivity index (χ0n) is 20.4. The van der Waals surface area contributed by atoms with E-state index in [2.05, 4.69) is 21.8 Å². The number of anilines is 2. The molecule has 9 heteroatoms. The minimum atomic E-state index is -3.48. The molecule has 1 fully saturated rings. The molecule has 1 saturated carbocycles. The van der Waals surface area contributed by atoms with Crippen molar-refractivity contribution in [3.8, 4) is 11.3 Å². The van der Waals surface area contributed by atoms with Gasteiger partial charge in [0.15, 0.2) is 5.76 Å². The van der Waals surface area contributed by atoms with E-state index in [0.29, 0.717) is 47.1 Å². The zero-order chi connectivity index (χ0) is 24.7. The Labute approximate surface area is 201 Å². The van der Waals surface area contributed by atoms with Gasteiger partial charge in [-0.2, -0.15) is 0 Å². The van der Waals surface area contributed by atoms with E-state index in [0.717, 1.165) is 18.4 Å². The lowest BCUT2D eigenvalue weighted by molar-refractivity contribution is 0.355. The van der Waals surface area contributed by atoms with Crippen molar-refractivity contribution in [3.63, 3.8) is 0 Å². The van der Waals surface area contributed by atoms with Crippen LogP contribution in [0, 0.1) is 11.8 Å². The van der Waals surface area contributed by atoms with Gasteiger partial charge in [-0.25, -0.2) is 18.4 Å². The minimum absolute atomic E-state index is 0.323. The van der Waals surface area contributed by atoms with Crippen LogP contribution in [0.2, 0.25) is 0 Å². The number of nitrogens with two attached hydrogens (primary N) is 1. The lowest BCUT2D eigenvalue weighted by atomic mass is 9.94. The highest BCUT2D eigenvalue weighted by Crippen LogP contribution is 2.39. The Morgan fingerprint density at radius 1 is 1.18 bits per heavy atom. The summed E-state index contributed by atoms with van der Waals surface area (Å²) in [6.07, 6.45) is 4.56. The van der Waals surface area contributed by atoms with Crippen LogP contribution in [0.25, 0.3) is 11.3 Å². The molecule has 2 N–H and O–H groups in total. The maximum absolute atomic E-state index is 12.2. The first-order valence-corrected chi connectivity index (χ1v) is 13.3. The number of hydrogen-bond donors (Lipinski definition) is 1. The summed E-state index contributed by atoms with van der Waals surface area (Å²) >= 11 is 0. The molecule has 1 aromatic carbocycles. The fourth-order valence-corrected chi connectivity index (χ4v) is 4.47. The molecule has 4 rings (SSSR count). The first-order valence-electron chi connectivity index (χ1n) is 11.4. The molecule has 34 heavy (non-hydrogen) atoms. The molecule has 0 saturated heterocycles. The molecule has 3 atom stereocenters. The maximum atomic E-state index is 12.2. The number of oxazole rings is 1. The van der Waals surface area contributed by atoms with E-state index in [1.165, 1.54) is 17.8 Å². The van der Waals surface area contributed by atoms with Gasteiger partial charge in [0, 0.05) is 26.2 Å². The van der Waals surface area contributed by atoms with E-state index in [4.69, 9.17) is 10.2 Å². The van der Waals surface area contributed by atoms with Gasteiger partial charge >= 0.3 is 0 Å². The second-order valence-corrected chi connectivity index (χ2v) is 11.8. The Balaban J connectivity index is 1.67. The van der Waals surface area contributed by atoms with Crippen molar-refractivity contribution in [2.75, 3.05) is 36.1 Å². The second-order valence-electron chi connectivity index (χ2n) is 9.77. The third kappa shape index (κ3) is 5.42. The summed E-state index contributed by atoms with van der Waals surface area (Å²) in [6.45, 7) is 4.99. The van der Waals surface area contributed by atoms with Gasteiger partial charge in [0.05, 0.1) is 18.0 Å². The molecule has 2 heterocycles. The Hall–Kier alpha value is -2.91.